The van der Waals surface area contributed by atoms with Gasteiger partial charge in [0.15, 0.2) is 5.96 Å². The van der Waals surface area contributed by atoms with E-state index in [9.17, 15) is 9.50 Å². The highest BCUT2D eigenvalue weighted by Crippen LogP contribution is 2.19. The fraction of sp³-hybridized carbons (Fsp3) is 0.562. The Morgan fingerprint density at radius 2 is 2.14 bits per heavy atom. The number of hydrogen-bond acceptors (Lipinski definition) is 3. The second kappa shape index (κ2) is 8.10. The maximum Gasteiger partial charge on any atom is 0.191 e. The van der Waals surface area contributed by atoms with E-state index >= 15 is 0 Å². The van der Waals surface area contributed by atoms with Gasteiger partial charge in [0.2, 0.25) is 0 Å². The third-order valence-electron chi connectivity index (χ3n) is 3.66. The molecule has 1 aromatic carbocycles. The van der Waals surface area contributed by atoms with Crippen molar-refractivity contribution >= 4 is 5.96 Å². The van der Waals surface area contributed by atoms with Gasteiger partial charge in [-0.3, -0.25) is 0 Å². The molecule has 0 amide bonds. The molecule has 1 aliphatic heterocycles. The first-order valence-corrected chi connectivity index (χ1v) is 7.68. The summed E-state index contributed by atoms with van der Waals surface area (Å²) < 4.78 is 18.4. The predicted octanol–water partition coefficient (Wildman–Crippen LogP) is 1.42. The summed E-state index contributed by atoms with van der Waals surface area (Å²) in [6, 6.07) is 6.39. The Labute approximate surface area is 130 Å². The molecule has 1 fully saturated rings. The van der Waals surface area contributed by atoms with Crippen molar-refractivity contribution in [2.75, 3.05) is 26.3 Å². The van der Waals surface area contributed by atoms with Crippen LogP contribution in [0.4, 0.5) is 4.39 Å². The molecular formula is C16H24FN3O2. The number of ether oxygens (including phenoxy) is 1. The van der Waals surface area contributed by atoms with Crippen molar-refractivity contribution in [3.8, 4) is 0 Å². The summed E-state index contributed by atoms with van der Waals surface area (Å²) in [5.41, 5.74) is 0.0507. The topological polar surface area (TPSA) is 65.9 Å². The van der Waals surface area contributed by atoms with Gasteiger partial charge in [0.25, 0.3) is 0 Å². The predicted molar refractivity (Wildman–Crippen MR) is 84.2 cm³/mol. The summed E-state index contributed by atoms with van der Waals surface area (Å²) in [4.78, 5) is 4.43. The summed E-state index contributed by atoms with van der Waals surface area (Å²) in [5, 5.41) is 16.7. The van der Waals surface area contributed by atoms with Gasteiger partial charge < -0.3 is 20.5 Å². The van der Waals surface area contributed by atoms with Crippen molar-refractivity contribution < 1.29 is 14.2 Å². The fourth-order valence-electron chi connectivity index (χ4n) is 2.32. The molecule has 0 radical (unpaired) electrons. The number of guanidine groups is 1. The van der Waals surface area contributed by atoms with Crippen LogP contribution in [0.2, 0.25) is 0 Å². The first kappa shape index (κ1) is 16.7. The highest BCUT2D eigenvalue weighted by Gasteiger charge is 2.29. The van der Waals surface area contributed by atoms with Gasteiger partial charge in [-0.05, 0) is 24.6 Å². The van der Waals surface area contributed by atoms with Gasteiger partial charge in [-0.2, -0.15) is 0 Å². The minimum Gasteiger partial charge on any atom is -0.388 e. The van der Waals surface area contributed by atoms with Crippen LogP contribution in [-0.2, 0) is 11.3 Å². The lowest BCUT2D eigenvalue weighted by molar-refractivity contribution is -0.0594. The zero-order valence-electron chi connectivity index (χ0n) is 12.9. The molecule has 0 aliphatic carbocycles. The SMILES string of the molecule is CCNC(=NCc1cccc(F)c1)NCC1(O)CCOCC1. The molecule has 1 aliphatic rings. The number of aliphatic hydroxyl groups is 1. The molecule has 1 aromatic rings. The average Bonchev–Trinajstić information content (AvgIpc) is 2.51. The molecule has 0 unspecified atom stereocenters. The highest BCUT2D eigenvalue weighted by molar-refractivity contribution is 5.79. The Morgan fingerprint density at radius 3 is 2.82 bits per heavy atom. The van der Waals surface area contributed by atoms with E-state index in [2.05, 4.69) is 15.6 Å². The molecule has 1 heterocycles. The lowest BCUT2D eigenvalue weighted by Crippen LogP contribution is -2.49. The first-order chi connectivity index (χ1) is 10.6. The van der Waals surface area contributed by atoms with Crippen LogP contribution in [0.25, 0.3) is 0 Å². The third-order valence-corrected chi connectivity index (χ3v) is 3.66. The Bertz CT molecular complexity index is 502. The largest absolute Gasteiger partial charge is 0.388 e. The quantitative estimate of drug-likeness (QED) is 0.568. The molecule has 22 heavy (non-hydrogen) atoms. The van der Waals surface area contributed by atoms with Crippen molar-refractivity contribution in [2.24, 2.45) is 4.99 Å². The maximum atomic E-state index is 13.2. The van der Waals surface area contributed by atoms with Gasteiger partial charge in [-0.15, -0.1) is 0 Å². The number of nitrogens with zero attached hydrogens (tertiary/aromatic N) is 1. The standard InChI is InChI=1S/C16H24FN3O2/c1-2-18-15(19-11-13-4-3-5-14(17)10-13)20-12-16(21)6-8-22-9-7-16/h3-5,10,21H,2,6-9,11-12H2,1H3,(H2,18,19,20). The zero-order valence-corrected chi connectivity index (χ0v) is 12.9. The van der Waals surface area contributed by atoms with Gasteiger partial charge in [-0.1, -0.05) is 12.1 Å². The van der Waals surface area contributed by atoms with Gasteiger partial charge in [0, 0.05) is 39.1 Å². The molecule has 5 nitrogen and oxygen atoms in total. The summed E-state index contributed by atoms with van der Waals surface area (Å²) in [6.45, 7) is 4.66. The van der Waals surface area contributed by atoms with E-state index in [-0.39, 0.29) is 5.82 Å². The number of hydrogen-bond donors (Lipinski definition) is 3. The molecule has 2 rings (SSSR count). The molecule has 122 valence electrons. The highest BCUT2D eigenvalue weighted by atomic mass is 19.1. The van der Waals surface area contributed by atoms with Crippen LogP contribution in [0.15, 0.2) is 29.3 Å². The molecular weight excluding hydrogens is 285 g/mol. The molecule has 6 heteroatoms. The minimum atomic E-state index is -0.757. The van der Waals surface area contributed by atoms with E-state index in [4.69, 9.17) is 4.74 Å². The van der Waals surface area contributed by atoms with E-state index in [0.29, 0.717) is 45.1 Å². The maximum absolute atomic E-state index is 13.2. The normalized spacial score (nSPS) is 18.0. The number of aliphatic imine (C=N–C) groups is 1. The van der Waals surface area contributed by atoms with Crippen LogP contribution in [0, 0.1) is 5.82 Å². The second-order valence-electron chi connectivity index (χ2n) is 5.52. The minimum absolute atomic E-state index is 0.262. The number of benzene rings is 1. The molecule has 0 atom stereocenters. The Morgan fingerprint density at radius 1 is 1.36 bits per heavy atom. The summed E-state index contributed by atoms with van der Waals surface area (Å²) in [6.07, 6.45) is 1.23. The van der Waals surface area contributed by atoms with Crippen LogP contribution in [0.5, 0.6) is 0 Å². The van der Waals surface area contributed by atoms with Crippen LogP contribution in [0.1, 0.15) is 25.3 Å². The first-order valence-electron chi connectivity index (χ1n) is 7.68. The Kier molecular flexibility index (Phi) is 6.15. The molecule has 0 spiro atoms. The molecule has 1 saturated heterocycles. The Balaban J connectivity index is 1.92. The van der Waals surface area contributed by atoms with Crippen molar-refractivity contribution in [1.82, 2.24) is 10.6 Å². The molecule has 0 aromatic heterocycles. The van der Waals surface area contributed by atoms with Crippen molar-refractivity contribution in [3.05, 3.63) is 35.6 Å². The Hall–Kier alpha value is -1.66. The summed E-state index contributed by atoms with van der Waals surface area (Å²) in [5.74, 6) is 0.355. The van der Waals surface area contributed by atoms with Gasteiger partial charge >= 0.3 is 0 Å². The lowest BCUT2D eigenvalue weighted by Gasteiger charge is -2.32. The van der Waals surface area contributed by atoms with Gasteiger partial charge in [0.05, 0.1) is 12.1 Å². The number of rotatable bonds is 5. The summed E-state index contributed by atoms with van der Waals surface area (Å²) >= 11 is 0. The number of nitrogens with one attached hydrogen (secondary N) is 2. The van der Waals surface area contributed by atoms with Gasteiger partial charge in [-0.25, -0.2) is 9.38 Å². The zero-order chi connectivity index (χ0) is 15.8. The van der Waals surface area contributed by atoms with E-state index < -0.39 is 5.60 Å². The van der Waals surface area contributed by atoms with E-state index in [0.717, 1.165) is 12.1 Å². The third kappa shape index (κ3) is 5.27. The van der Waals surface area contributed by atoms with Crippen LogP contribution in [0.3, 0.4) is 0 Å². The van der Waals surface area contributed by atoms with E-state index in [1.807, 2.05) is 13.0 Å². The smallest absolute Gasteiger partial charge is 0.191 e. The van der Waals surface area contributed by atoms with Crippen LogP contribution < -0.4 is 10.6 Å². The van der Waals surface area contributed by atoms with Crippen molar-refractivity contribution in [2.45, 2.75) is 31.9 Å². The second-order valence-corrected chi connectivity index (χ2v) is 5.52. The van der Waals surface area contributed by atoms with Crippen LogP contribution in [-0.4, -0.2) is 43.0 Å². The van der Waals surface area contributed by atoms with Gasteiger partial charge in [0.1, 0.15) is 5.82 Å². The van der Waals surface area contributed by atoms with Crippen molar-refractivity contribution in [3.63, 3.8) is 0 Å². The molecule has 0 bridgehead atoms. The average molecular weight is 309 g/mol. The monoisotopic (exact) mass is 309 g/mol. The lowest BCUT2D eigenvalue weighted by atomic mass is 9.94. The fourth-order valence-corrected chi connectivity index (χ4v) is 2.32. The van der Waals surface area contributed by atoms with E-state index in [1.54, 1.807) is 6.07 Å². The molecule has 0 saturated carbocycles. The van der Waals surface area contributed by atoms with Crippen LogP contribution >= 0.6 is 0 Å². The molecule has 3 N–H and O–H groups in total. The van der Waals surface area contributed by atoms with E-state index in [1.165, 1.54) is 12.1 Å². The summed E-state index contributed by atoms with van der Waals surface area (Å²) in [7, 11) is 0. The number of halogens is 1. The van der Waals surface area contributed by atoms with Crippen molar-refractivity contribution in [1.29, 1.82) is 0 Å².